The molecule has 0 aromatic heterocycles. The van der Waals surface area contributed by atoms with Crippen LogP contribution < -0.4 is 0 Å². The number of halogens is 3. The lowest BCUT2D eigenvalue weighted by Gasteiger charge is -1.99. The normalized spacial score (nSPS) is 11.9. The molecule has 0 saturated heterocycles. The Morgan fingerprint density at radius 3 is 2.33 bits per heavy atom. The van der Waals surface area contributed by atoms with Gasteiger partial charge in [-0.2, -0.15) is 13.2 Å². The van der Waals surface area contributed by atoms with Gasteiger partial charge in [0.1, 0.15) is 0 Å². The predicted octanol–water partition coefficient (Wildman–Crippen LogP) is 3.42. The van der Waals surface area contributed by atoms with Crippen LogP contribution in [0.3, 0.4) is 0 Å². The third-order valence-electron chi connectivity index (χ3n) is 1.45. The van der Waals surface area contributed by atoms with Gasteiger partial charge in [-0.05, 0) is 23.6 Å². The molecule has 1 nitrogen and oxygen atoms in total. The Morgan fingerprint density at radius 2 is 1.80 bits per heavy atom. The van der Waals surface area contributed by atoms with Crippen LogP contribution in [-0.4, -0.2) is 12.0 Å². The average Bonchev–Trinajstić information content (AvgIpc) is 2.18. The SMILES string of the molecule is O=C(/C=C\Sc1ccccc1)C(F)(F)F. The Bertz CT molecular complexity index is 357. The van der Waals surface area contributed by atoms with Crippen LogP contribution in [0.5, 0.6) is 0 Å². The fraction of sp³-hybridized carbons (Fsp3) is 0.100. The van der Waals surface area contributed by atoms with Crippen molar-refractivity contribution in [3.05, 3.63) is 41.8 Å². The molecule has 0 aliphatic rings. The van der Waals surface area contributed by atoms with E-state index in [4.69, 9.17) is 0 Å². The van der Waals surface area contributed by atoms with Gasteiger partial charge in [0, 0.05) is 4.90 Å². The first-order chi connectivity index (χ1) is 7.00. The van der Waals surface area contributed by atoms with E-state index in [9.17, 15) is 18.0 Å². The van der Waals surface area contributed by atoms with Gasteiger partial charge in [0.15, 0.2) is 0 Å². The number of ketones is 1. The van der Waals surface area contributed by atoms with Crippen LogP contribution in [-0.2, 0) is 4.79 Å². The van der Waals surface area contributed by atoms with Crippen molar-refractivity contribution in [2.24, 2.45) is 0 Å². The highest BCUT2D eigenvalue weighted by Crippen LogP contribution is 2.21. The van der Waals surface area contributed by atoms with Gasteiger partial charge >= 0.3 is 6.18 Å². The minimum Gasteiger partial charge on any atom is -0.285 e. The molecule has 0 radical (unpaired) electrons. The van der Waals surface area contributed by atoms with Gasteiger partial charge in [0.2, 0.25) is 0 Å². The number of hydrogen-bond acceptors (Lipinski definition) is 2. The van der Waals surface area contributed by atoms with E-state index in [1.54, 1.807) is 30.3 Å². The van der Waals surface area contributed by atoms with Crippen LogP contribution in [0.1, 0.15) is 0 Å². The molecule has 1 aromatic carbocycles. The fourth-order valence-electron chi connectivity index (χ4n) is 0.768. The molecular weight excluding hydrogens is 225 g/mol. The van der Waals surface area contributed by atoms with Crippen LogP contribution >= 0.6 is 11.8 Å². The lowest BCUT2D eigenvalue weighted by atomic mass is 10.4. The highest BCUT2D eigenvalue weighted by molar-refractivity contribution is 8.02. The number of alkyl halides is 3. The summed E-state index contributed by atoms with van der Waals surface area (Å²) in [6, 6.07) is 8.82. The zero-order chi connectivity index (χ0) is 11.3. The largest absolute Gasteiger partial charge is 0.454 e. The summed E-state index contributed by atoms with van der Waals surface area (Å²) in [6.45, 7) is 0. The predicted molar refractivity (Wildman–Crippen MR) is 52.5 cm³/mol. The third-order valence-corrected chi connectivity index (χ3v) is 2.26. The molecule has 0 heterocycles. The number of hydrogen-bond donors (Lipinski definition) is 0. The summed E-state index contributed by atoms with van der Waals surface area (Å²) in [4.78, 5) is 11.2. The van der Waals surface area contributed by atoms with E-state index >= 15 is 0 Å². The summed E-state index contributed by atoms with van der Waals surface area (Å²) in [6.07, 6.45) is -4.26. The van der Waals surface area contributed by atoms with Crippen molar-refractivity contribution < 1.29 is 18.0 Å². The first-order valence-electron chi connectivity index (χ1n) is 3.99. The second kappa shape index (κ2) is 5.02. The summed E-state index contributed by atoms with van der Waals surface area (Å²) in [7, 11) is 0. The lowest BCUT2D eigenvalue weighted by Crippen LogP contribution is -2.19. The van der Waals surface area contributed by atoms with Crippen molar-refractivity contribution in [1.29, 1.82) is 0 Å². The van der Waals surface area contributed by atoms with Crippen LogP contribution in [0.4, 0.5) is 13.2 Å². The zero-order valence-electron chi connectivity index (χ0n) is 7.49. The Labute approximate surface area is 89.0 Å². The molecule has 0 saturated carbocycles. The smallest absolute Gasteiger partial charge is 0.285 e. The zero-order valence-corrected chi connectivity index (χ0v) is 8.31. The summed E-state index contributed by atoms with van der Waals surface area (Å²) >= 11 is 1.06. The van der Waals surface area contributed by atoms with Crippen LogP contribution in [0.25, 0.3) is 0 Å². The summed E-state index contributed by atoms with van der Waals surface area (Å²) in [5, 5.41) is 1.13. The maximum atomic E-state index is 11.8. The molecule has 5 heteroatoms. The van der Waals surface area contributed by atoms with Crippen molar-refractivity contribution in [3.8, 4) is 0 Å². The summed E-state index contributed by atoms with van der Waals surface area (Å²) in [5.74, 6) is -1.84. The Kier molecular flexibility index (Phi) is 3.96. The van der Waals surface area contributed by atoms with Crippen LogP contribution in [0.15, 0.2) is 46.7 Å². The fourth-order valence-corrected chi connectivity index (χ4v) is 1.43. The maximum Gasteiger partial charge on any atom is 0.454 e. The van der Waals surface area contributed by atoms with Crippen molar-refractivity contribution in [2.45, 2.75) is 11.1 Å². The van der Waals surface area contributed by atoms with Gasteiger partial charge in [-0.3, -0.25) is 4.79 Å². The monoisotopic (exact) mass is 232 g/mol. The number of benzene rings is 1. The number of rotatable bonds is 3. The molecule has 80 valence electrons. The minimum atomic E-state index is -4.78. The van der Waals surface area contributed by atoms with E-state index in [0.29, 0.717) is 6.08 Å². The Morgan fingerprint density at radius 1 is 1.20 bits per heavy atom. The molecule has 0 unspecified atom stereocenters. The van der Waals surface area contributed by atoms with E-state index in [1.165, 1.54) is 0 Å². The summed E-state index contributed by atoms with van der Waals surface area (Å²) < 4.78 is 35.3. The van der Waals surface area contributed by atoms with Crippen LogP contribution in [0, 0.1) is 0 Å². The topological polar surface area (TPSA) is 17.1 Å². The molecule has 0 N–H and O–H groups in total. The van der Waals surface area contributed by atoms with Crippen molar-refractivity contribution in [1.82, 2.24) is 0 Å². The molecule has 0 aliphatic heterocycles. The van der Waals surface area contributed by atoms with Gasteiger partial charge in [-0.1, -0.05) is 30.0 Å². The van der Waals surface area contributed by atoms with Gasteiger partial charge in [0.25, 0.3) is 5.78 Å². The summed E-state index contributed by atoms with van der Waals surface area (Å²) in [5.41, 5.74) is 0. The van der Waals surface area contributed by atoms with Crippen molar-refractivity contribution in [2.75, 3.05) is 0 Å². The Hall–Kier alpha value is -1.23. The molecule has 0 aliphatic carbocycles. The second-order valence-corrected chi connectivity index (χ2v) is 3.57. The standard InChI is InChI=1S/C10H7F3OS/c11-10(12,13)9(14)6-7-15-8-4-2-1-3-5-8/h1-7H/b7-6-. The number of carbonyl (C=O) groups is 1. The van der Waals surface area contributed by atoms with Gasteiger partial charge in [-0.15, -0.1) is 0 Å². The number of thioether (sulfide) groups is 1. The third kappa shape index (κ3) is 4.20. The second-order valence-electron chi connectivity index (χ2n) is 2.60. The van der Waals surface area contributed by atoms with Gasteiger partial charge in [0.05, 0.1) is 0 Å². The van der Waals surface area contributed by atoms with E-state index in [-0.39, 0.29) is 0 Å². The average molecular weight is 232 g/mol. The number of carbonyl (C=O) groups excluding carboxylic acids is 1. The molecule has 0 atom stereocenters. The molecule has 15 heavy (non-hydrogen) atoms. The van der Waals surface area contributed by atoms with E-state index in [0.717, 1.165) is 22.1 Å². The highest BCUT2D eigenvalue weighted by atomic mass is 32.2. The van der Waals surface area contributed by atoms with E-state index in [1.807, 2.05) is 0 Å². The van der Waals surface area contributed by atoms with Crippen LogP contribution in [0.2, 0.25) is 0 Å². The van der Waals surface area contributed by atoms with Crippen molar-refractivity contribution in [3.63, 3.8) is 0 Å². The first kappa shape index (κ1) is 11.8. The molecule has 0 spiro atoms. The van der Waals surface area contributed by atoms with Gasteiger partial charge < -0.3 is 0 Å². The van der Waals surface area contributed by atoms with Gasteiger partial charge in [-0.25, -0.2) is 0 Å². The number of allylic oxidation sites excluding steroid dienone is 1. The molecule has 0 amide bonds. The first-order valence-corrected chi connectivity index (χ1v) is 4.87. The van der Waals surface area contributed by atoms with Crippen molar-refractivity contribution >= 4 is 17.5 Å². The molecule has 0 bridgehead atoms. The molecular formula is C10H7F3OS. The van der Waals surface area contributed by atoms with E-state index in [2.05, 4.69) is 0 Å². The molecule has 1 aromatic rings. The molecule has 1 rings (SSSR count). The van der Waals surface area contributed by atoms with E-state index < -0.39 is 12.0 Å². The molecule has 0 fully saturated rings. The minimum absolute atomic E-state index is 0.525. The maximum absolute atomic E-state index is 11.8. The Balaban J connectivity index is 2.51. The highest BCUT2D eigenvalue weighted by Gasteiger charge is 2.35. The lowest BCUT2D eigenvalue weighted by molar-refractivity contribution is -0.165. The quantitative estimate of drug-likeness (QED) is 0.586.